The van der Waals surface area contributed by atoms with Crippen molar-refractivity contribution in [2.75, 3.05) is 33.4 Å². The topological polar surface area (TPSA) is 94.5 Å². The van der Waals surface area contributed by atoms with Crippen LogP contribution in [-0.4, -0.2) is 61.6 Å². The van der Waals surface area contributed by atoms with Crippen molar-refractivity contribution >= 4 is 11.9 Å². The molecule has 1 fully saturated rings. The Morgan fingerprint density at radius 2 is 2.09 bits per heavy atom. The summed E-state index contributed by atoms with van der Waals surface area (Å²) < 4.78 is 16.2. The van der Waals surface area contributed by atoms with Gasteiger partial charge in [-0.25, -0.2) is 9.59 Å². The third kappa shape index (κ3) is 5.51. The monoisotopic (exact) mass is 325 g/mol. The number of hydroxylamine groups is 2. The lowest BCUT2D eigenvalue weighted by molar-refractivity contribution is -0.222. The molecular weight excluding hydrogens is 306 g/mol. The number of hydrogen-bond donors (Lipinski definition) is 1. The first-order valence-corrected chi connectivity index (χ1v) is 7.11. The minimum atomic E-state index is -1.62. The maximum atomic E-state index is 11.0. The first-order valence-electron chi connectivity index (χ1n) is 7.11. The molecule has 1 aromatic rings. The summed E-state index contributed by atoms with van der Waals surface area (Å²) in [5.41, 5.74) is 0.996. The number of rotatable bonds is 6. The smallest absolute Gasteiger partial charge is 0.436 e. The first kappa shape index (κ1) is 17.2. The molecule has 0 bridgehead atoms. The van der Waals surface area contributed by atoms with Crippen LogP contribution in [0.5, 0.6) is 5.75 Å². The van der Waals surface area contributed by atoms with Crippen molar-refractivity contribution < 1.29 is 33.7 Å². The SMILES string of the molecule is COc1ccc(COCC2CN(OC(=O)C(=O)O)CCO2)cc1. The van der Waals surface area contributed by atoms with Crippen LogP contribution in [-0.2, 0) is 30.5 Å². The number of morpholine rings is 1. The van der Waals surface area contributed by atoms with Crippen LogP contribution in [0.1, 0.15) is 5.56 Å². The van der Waals surface area contributed by atoms with Gasteiger partial charge in [-0.3, -0.25) is 0 Å². The highest BCUT2D eigenvalue weighted by Gasteiger charge is 2.26. The molecule has 0 amide bonds. The number of aliphatic carboxylic acids is 1. The van der Waals surface area contributed by atoms with E-state index >= 15 is 0 Å². The highest BCUT2D eigenvalue weighted by atomic mass is 16.7. The number of benzene rings is 1. The van der Waals surface area contributed by atoms with Crippen LogP contribution in [0.4, 0.5) is 0 Å². The number of nitrogens with zero attached hydrogens (tertiary/aromatic N) is 1. The standard InChI is InChI=1S/C15H19NO7/c1-20-12-4-2-11(3-5-12)9-21-10-13-8-16(6-7-22-13)23-15(19)14(17)18/h2-5,13H,6-10H2,1H3,(H,17,18). The van der Waals surface area contributed by atoms with Gasteiger partial charge < -0.3 is 24.2 Å². The van der Waals surface area contributed by atoms with Gasteiger partial charge in [0.15, 0.2) is 0 Å². The average Bonchev–Trinajstić information content (AvgIpc) is 2.56. The van der Waals surface area contributed by atoms with Gasteiger partial charge in [-0.1, -0.05) is 12.1 Å². The minimum absolute atomic E-state index is 0.266. The third-order valence-corrected chi connectivity index (χ3v) is 3.22. The zero-order valence-electron chi connectivity index (χ0n) is 12.8. The molecule has 1 aliphatic rings. The number of ether oxygens (including phenoxy) is 3. The second kappa shape index (κ2) is 8.47. The van der Waals surface area contributed by atoms with Crippen molar-refractivity contribution in [1.29, 1.82) is 0 Å². The van der Waals surface area contributed by atoms with Gasteiger partial charge in [-0.15, -0.1) is 5.06 Å². The van der Waals surface area contributed by atoms with E-state index in [-0.39, 0.29) is 12.6 Å². The lowest BCUT2D eigenvalue weighted by Gasteiger charge is -2.30. The van der Waals surface area contributed by atoms with E-state index in [1.165, 1.54) is 5.06 Å². The Hall–Kier alpha value is -2.16. The summed E-state index contributed by atoms with van der Waals surface area (Å²) in [4.78, 5) is 26.2. The molecule has 0 aliphatic carbocycles. The molecule has 8 nitrogen and oxygen atoms in total. The summed E-state index contributed by atoms with van der Waals surface area (Å²) in [6.07, 6.45) is -0.288. The molecule has 1 unspecified atom stereocenters. The largest absolute Gasteiger partial charge is 0.497 e. The van der Waals surface area contributed by atoms with E-state index in [0.29, 0.717) is 26.4 Å². The van der Waals surface area contributed by atoms with Gasteiger partial charge in [-0.05, 0) is 17.7 Å². The minimum Gasteiger partial charge on any atom is -0.497 e. The fraction of sp³-hybridized carbons (Fsp3) is 0.467. The summed E-state index contributed by atoms with van der Waals surface area (Å²) >= 11 is 0. The Balaban J connectivity index is 1.72. The average molecular weight is 325 g/mol. The van der Waals surface area contributed by atoms with Gasteiger partial charge in [0, 0.05) is 0 Å². The van der Waals surface area contributed by atoms with Crippen molar-refractivity contribution in [3.8, 4) is 5.75 Å². The highest BCUT2D eigenvalue weighted by molar-refractivity contribution is 6.28. The summed E-state index contributed by atoms with van der Waals surface area (Å²) in [6, 6.07) is 7.51. The molecule has 126 valence electrons. The van der Waals surface area contributed by atoms with Gasteiger partial charge in [0.2, 0.25) is 0 Å². The first-order chi connectivity index (χ1) is 11.1. The maximum absolute atomic E-state index is 11.0. The number of carboxylic acid groups (broad SMARTS) is 1. The van der Waals surface area contributed by atoms with Crippen molar-refractivity contribution in [2.24, 2.45) is 0 Å². The lowest BCUT2D eigenvalue weighted by atomic mass is 10.2. The van der Waals surface area contributed by atoms with Crippen LogP contribution >= 0.6 is 0 Å². The van der Waals surface area contributed by atoms with Crippen LogP contribution in [0.3, 0.4) is 0 Å². The fourth-order valence-corrected chi connectivity index (χ4v) is 2.06. The molecule has 1 atom stereocenters. The third-order valence-electron chi connectivity index (χ3n) is 3.22. The molecule has 8 heteroatoms. The van der Waals surface area contributed by atoms with E-state index < -0.39 is 11.9 Å². The molecule has 2 rings (SSSR count). The summed E-state index contributed by atoms with van der Waals surface area (Å²) in [6.45, 7) is 1.66. The normalized spacial score (nSPS) is 18.4. The van der Waals surface area contributed by atoms with E-state index in [1.807, 2.05) is 24.3 Å². The Labute approximate surface area is 133 Å². The van der Waals surface area contributed by atoms with Gasteiger partial charge in [-0.2, -0.15) is 0 Å². The van der Waals surface area contributed by atoms with Crippen LogP contribution in [0.15, 0.2) is 24.3 Å². The fourth-order valence-electron chi connectivity index (χ4n) is 2.06. The zero-order valence-corrected chi connectivity index (χ0v) is 12.8. The Morgan fingerprint density at radius 1 is 1.35 bits per heavy atom. The van der Waals surface area contributed by atoms with E-state index in [0.717, 1.165) is 11.3 Å². The molecule has 0 saturated carbocycles. The van der Waals surface area contributed by atoms with E-state index in [9.17, 15) is 9.59 Å². The highest BCUT2D eigenvalue weighted by Crippen LogP contribution is 2.13. The predicted octanol–water partition coefficient (Wildman–Crippen LogP) is 0.455. The molecule has 1 saturated heterocycles. The van der Waals surface area contributed by atoms with Crippen LogP contribution in [0, 0.1) is 0 Å². The second-order valence-corrected chi connectivity index (χ2v) is 4.93. The number of carbonyl (C=O) groups is 2. The molecular formula is C15H19NO7. The molecule has 0 radical (unpaired) electrons. The molecule has 0 spiro atoms. The lowest BCUT2D eigenvalue weighted by Crippen LogP contribution is -2.46. The number of methoxy groups -OCH3 is 1. The molecule has 1 aliphatic heterocycles. The van der Waals surface area contributed by atoms with Crippen molar-refractivity contribution in [1.82, 2.24) is 5.06 Å². The van der Waals surface area contributed by atoms with Crippen LogP contribution < -0.4 is 4.74 Å². The Bertz CT molecular complexity index is 531. The summed E-state index contributed by atoms with van der Waals surface area (Å²) in [5.74, 6) is -2.14. The molecule has 1 heterocycles. The van der Waals surface area contributed by atoms with E-state index in [1.54, 1.807) is 7.11 Å². The van der Waals surface area contributed by atoms with Crippen LogP contribution in [0.25, 0.3) is 0 Å². The molecule has 23 heavy (non-hydrogen) atoms. The van der Waals surface area contributed by atoms with Crippen molar-refractivity contribution in [3.63, 3.8) is 0 Å². The molecule has 0 aromatic heterocycles. The van der Waals surface area contributed by atoms with Crippen LogP contribution in [0.2, 0.25) is 0 Å². The van der Waals surface area contributed by atoms with E-state index in [4.69, 9.17) is 24.2 Å². The molecule has 1 N–H and O–H groups in total. The zero-order chi connectivity index (χ0) is 16.7. The summed E-state index contributed by atoms with van der Waals surface area (Å²) in [7, 11) is 1.61. The van der Waals surface area contributed by atoms with Crippen molar-refractivity contribution in [3.05, 3.63) is 29.8 Å². The molecule has 1 aromatic carbocycles. The quantitative estimate of drug-likeness (QED) is 0.754. The van der Waals surface area contributed by atoms with Gasteiger partial charge in [0.1, 0.15) is 5.75 Å². The number of hydrogen-bond acceptors (Lipinski definition) is 7. The van der Waals surface area contributed by atoms with E-state index in [2.05, 4.69) is 0 Å². The number of carboxylic acids is 1. The summed E-state index contributed by atoms with van der Waals surface area (Å²) in [5, 5.41) is 9.80. The van der Waals surface area contributed by atoms with Gasteiger partial charge >= 0.3 is 11.9 Å². The Morgan fingerprint density at radius 3 is 2.74 bits per heavy atom. The second-order valence-electron chi connectivity index (χ2n) is 4.93. The Kier molecular flexibility index (Phi) is 6.33. The van der Waals surface area contributed by atoms with Crippen molar-refractivity contribution in [2.45, 2.75) is 12.7 Å². The predicted molar refractivity (Wildman–Crippen MR) is 77.7 cm³/mol. The van der Waals surface area contributed by atoms with Gasteiger partial charge in [0.05, 0.1) is 46.1 Å². The number of carbonyl (C=O) groups excluding carboxylic acids is 1. The van der Waals surface area contributed by atoms with Gasteiger partial charge in [0.25, 0.3) is 0 Å². The maximum Gasteiger partial charge on any atom is 0.436 e.